The molecular weight excluding hydrogens is 226 g/mol. The van der Waals surface area contributed by atoms with E-state index in [0.717, 1.165) is 5.56 Å². The highest BCUT2D eigenvalue weighted by atomic mass is 16.3. The van der Waals surface area contributed by atoms with Crippen LogP contribution in [0.2, 0.25) is 0 Å². The van der Waals surface area contributed by atoms with Crippen molar-refractivity contribution in [2.24, 2.45) is 5.92 Å². The highest BCUT2D eigenvalue weighted by Gasteiger charge is 2.23. The normalized spacial score (nSPS) is 17.7. The number of rotatable bonds is 3. The van der Waals surface area contributed by atoms with Crippen molar-refractivity contribution < 1.29 is 9.90 Å². The lowest BCUT2D eigenvalue weighted by atomic mass is 9.99. The van der Waals surface area contributed by atoms with E-state index in [1.165, 1.54) is 25.7 Å². The summed E-state index contributed by atoms with van der Waals surface area (Å²) in [6, 6.07) is 5.20. The van der Waals surface area contributed by atoms with Crippen molar-refractivity contribution in [1.29, 1.82) is 0 Å². The third kappa shape index (κ3) is 2.84. The fourth-order valence-corrected chi connectivity index (χ4v) is 2.66. The summed E-state index contributed by atoms with van der Waals surface area (Å²) in [6.45, 7) is 3.88. The molecule has 1 aromatic carbocycles. The number of hydrogen-bond acceptors (Lipinski definition) is 2. The number of benzene rings is 1. The monoisotopic (exact) mass is 247 g/mol. The van der Waals surface area contributed by atoms with E-state index in [1.54, 1.807) is 25.1 Å². The minimum absolute atomic E-state index is 0.0440. The smallest absolute Gasteiger partial charge is 0.251 e. The van der Waals surface area contributed by atoms with Crippen molar-refractivity contribution in [1.82, 2.24) is 5.32 Å². The second kappa shape index (κ2) is 5.42. The maximum atomic E-state index is 12.1. The number of amides is 1. The predicted molar refractivity (Wildman–Crippen MR) is 71.7 cm³/mol. The van der Waals surface area contributed by atoms with Crippen LogP contribution in [-0.2, 0) is 0 Å². The molecule has 0 radical (unpaired) electrons. The maximum Gasteiger partial charge on any atom is 0.251 e. The van der Waals surface area contributed by atoms with Crippen LogP contribution in [0.4, 0.5) is 0 Å². The minimum atomic E-state index is -0.0440. The summed E-state index contributed by atoms with van der Waals surface area (Å²) < 4.78 is 0. The molecule has 1 fully saturated rings. The Labute approximate surface area is 108 Å². The van der Waals surface area contributed by atoms with Gasteiger partial charge in [0, 0.05) is 11.6 Å². The number of nitrogens with one attached hydrogen (secondary N) is 1. The molecule has 0 saturated heterocycles. The Hall–Kier alpha value is -1.51. The summed E-state index contributed by atoms with van der Waals surface area (Å²) >= 11 is 0. The van der Waals surface area contributed by atoms with Crippen molar-refractivity contribution in [2.75, 3.05) is 0 Å². The Bertz CT molecular complexity index is 436. The molecule has 3 heteroatoms. The first-order chi connectivity index (χ1) is 8.58. The summed E-state index contributed by atoms with van der Waals surface area (Å²) in [5.74, 6) is 0.806. The van der Waals surface area contributed by atoms with E-state index in [-0.39, 0.29) is 17.7 Å². The van der Waals surface area contributed by atoms with Crippen LogP contribution in [0.25, 0.3) is 0 Å². The van der Waals surface area contributed by atoms with Gasteiger partial charge in [-0.3, -0.25) is 4.79 Å². The summed E-state index contributed by atoms with van der Waals surface area (Å²) in [7, 11) is 0. The number of carbonyl (C=O) groups is 1. The molecule has 1 aliphatic carbocycles. The van der Waals surface area contributed by atoms with E-state index in [4.69, 9.17) is 0 Å². The summed E-state index contributed by atoms with van der Waals surface area (Å²) in [4.78, 5) is 12.1. The lowest BCUT2D eigenvalue weighted by Crippen LogP contribution is -2.37. The van der Waals surface area contributed by atoms with Crippen LogP contribution < -0.4 is 5.32 Å². The molecule has 0 aliphatic heterocycles. The minimum Gasteiger partial charge on any atom is -0.508 e. The van der Waals surface area contributed by atoms with Crippen LogP contribution in [0.3, 0.4) is 0 Å². The molecule has 0 heterocycles. The zero-order valence-corrected chi connectivity index (χ0v) is 11.1. The molecule has 1 unspecified atom stereocenters. The Morgan fingerprint density at radius 3 is 2.67 bits per heavy atom. The van der Waals surface area contributed by atoms with Crippen LogP contribution in [0.1, 0.15) is 48.5 Å². The van der Waals surface area contributed by atoms with Crippen molar-refractivity contribution in [2.45, 2.75) is 45.6 Å². The SMILES string of the molecule is Cc1cc(C(=O)NC(C)C2CCCC2)ccc1O. The molecular formula is C15H21NO2. The molecule has 1 atom stereocenters. The van der Waals surface area contributed by atoms with Crippen molar-refractivity contribution in [3.05, 3.63) is 29.3 Å². The van der Waals surface area contributed by atoms with E-state index in [1.807, 2.05) is 0 Å². The third-order valence-electron chi connectivity index (χ3n) is 3.92. The topological polar surface area (TPSA) is 49.3 Å². The zero-order chi connectivity index (χ0) is 13.1. The largest absolute Gasteiger partial charge is 0.508 e. The van der Waals surface area contributed by atoms with Crippen LogP contribution in [0.5, 0.6) is 5.75 Å². The second-order valence-electron chi connectivity index (χ2n) is 5.31. The molecule has 0 aromatic heterocycles. The molecule has 2 rings (SSSR count). The number of aryl methyl sites for hydroxylation is 1. The first-order valence-electron chi connectivity index (χ1n) is 6.68. The van der Waals surface area contributed by atoms with Gasteiger partial charge in [-0.05, 0) is 56.4 Å². The van der Waals surface area contributed by atoms with Gasteiger partial charge in [0.15, 0.2) is 0 Å². The van der Waals surface area contributed by atoms with E-state index in [2.05, 4.69) is 12.2 Å². The van der Waals surface area contributed by atoms with Gasteiger partial charge in [0.25, 0.3) is 5.91 Å². The fraction of sp³-hybridized carbons (Fsp3) is 0.533. The van der Waals surface area contributed by atoms with Crippen molar-refractivity contribution in [3.63, 3.8) is 0 Å². The molecule has 1 aromatic rings. The molecule has 98 valence electrons. The van der Waals surface area contributed by atoms with Crippen molar-refractivity contribution in [3.8, 4) is 5.75 Å². The first kappa shape index (κ1) is 12.9. The fourth-order valence-electron chi connectivity index (χ4n) is 2.66. The van der Waals surface area contributed by atoms with Gasteiger partial charge in [-0.1, -0.05) is 12.8 Å². The number of aromatic hydroxyl groups is 1. The van der Waals surface area contributed by atoms with Crippen molar-refractivity contribution >= 4 is 5.91 Å². The van der Waals surface area contributed by atoms with Gasteiger partial charge < -0.3 is 10.4 Å². The van der Waals surface area contributed by atoms with E-state index >= 15 is 0 Å². The van der Waals surface area contributed by atoms with Crippen LogP contribution in [0, 0.1) is 12.8 Å². The molecule has 1 aliphatic rings. The average molecular weight is 247 g/mol. The lowest BCUT2D eigenvalue weighted by molar-refractivity contribution is 0.0927. The van der Waals surface area contributed by atoms with Crippen LogP contribution >= 0.6 is 0 Å². The van der Waals surface area contributed by atoms with E-state index in [0.29, 0.717) is 11.5 Å². The third-order valence-corrected chi connectivity index (χ3v) is 3.92. The first-order valence-corrected chi connectivity index (χ1v) is 6.68. The Morgan fingerprint density at radius 2 is 2.06 bits per heavy atom. The van der Waals surface area contributed by atoms with Gasteiger partial charge in [0.1, 0.15) is 5.75 Å². The van der Waals surface area contributed by atoms with Crippen LogP contribution in [0.15, 0.2) is 18.2 Å². The van der Waals surface area contributed by atoms with Gasteiger partial charge in [0.2, 0.25) is 0 Å². The number of phenols is 1. The second-order valence-corrected chi connectivity index (χ2v) is 5.31. The predicted octanol–water partition coefficient (Wildman–Crippen LogP) is 3.01. The number of carbonyl (C=O) groups excluding carboxylic acids is 1. The molecule has 2 N–H and O–H groups in total. The summed E-state index contributed by atoms with van der Waals surface area (Å²) in [6.07, 6.45) is 5.00. The molecule has 1 saturated carbocycles. The number of hydrogen-bond donors (Lipinski definition) is 2. The molecule has 3 nitrogen and oxygen atoms in total. The zero-order valence-electron chi connectivity index (χ0n) is 11.1. The van der Waals surface area contributed by atoms with Gasteiger partial charge in [-0.15, -0.1) is 0 Å². The van der Waals surface area contributed by atoms with Gasteiger partial charge in [-0.25, -0.2) is 0 Å². The van der Waals surface area contributed by atoms with E-state index in [9.17, 15) is 9.90 Å². The van der Waals surface area contributed by atoms with Gasteiger partial charge in [0.05, 0.1) is 0 Å². The van der Waals surface area contributed by atoms with Gasteiger partial charge in [-0.2, -0.15) is 0 Å². The molecule has 1 amide bonds. The van der Waals surface area contributed by atoms with E-state index < -0.39 is 0 Å². The van der Waals surface area contributed by atoms with Crippen LogP contribution in [-0.4, -0.2) is 17.1 Å². The summed E-state index contributed by atoms with van der Waals surface area (Å²) in [5.41, 5.74) is 1.35. The molecule has 0 bridgehead atoms. The molecule has 0 spiro atoms. The molecule has 18 heavy (non-hydrogen) atoms. The highest BCUT2D eigenvalue weighted by Crippen LogP contribution is 2.27. The standard InChI is InChI=1S/C15H21NO2/c1-10-9-13(7-8-14(10)17)15(18)16-11(2)12-5-3-4-6-12/h7-9,11-12,17H,3-6H2,1-2H3,(H,16,18). The highest BCUT2D eigenvalue weighted by molar-refractivity contribution is 5.94. The Balaban J connectivity index is 2.00. The van der Waals surface area contributed by atoms with Gasteiger partial charge >= 0.3 is 0 Å². The lowest BCUT2D eigenvalue weighted by Gasteiger charge is -2.20. The average Bonchev–Trinajstić information content (AvgIpc) is 2.86. The summed E-state index contributed by atoms with van der Waals surface area (Å²) in [5, 5.41) is 12.5. The maximum absolute atomic E-state index is 12.1. The quantitative estimate of drug-likeness (QED) is 0.862. The Kier molecular flexibility index (Phi) is 3.90. The Morgan fingerprint density at radius 1 is 1.39 bits per heavy atom. The number of phenolic OH excluding ortho intramolecular Hbond substituents is 1.